The second kappa shape index (κ2) is 4.06. The molecule has 0 saturated heterocycles. The van der Waals surface area contributed by atoms with Gasteiger partial charge in [0.2, 0.25) is 0 Å². The van der Waals surface area contributed by atoms with Gasteiger partial charge in [-0.2, -0.15) is 0 Å². The van der Waals surface area contributed by atoms with Crippen LogP contribution in [0.15, 0.2) is 24.3 Å². The smallest absolute Gasteiger partial charge is 0.184 e. The third-order valence-electron chi connectivity index (χ3n) is 3.50. The van der Waals surface area contributed by atoms with Gasteiger partial charge in [0.15, 0.2) is 5.13 Å². The van der Waals surface area contributed by atoms with Gasteiger partial charge in [0.1, 0.15) is 0 Å². The van der Waals surface area contributed by atoms with Gasteiger partial charge in [-0.3, -0.25) is 0 Å². The van der Waals surface area contributed by atoms with Crippen LogP contribution in [-0.4, -0.2) is 11.0 Å². The number of rotatable bonds is 3. The number of aromatic nitrogens is 1. The van der Waals surface area contributed by atoms with E-state index in [-0.39, 0.29) is 0 Å². The van der Waals surface area contributed by atoms with Gasteiger partial charge in [-0.1, -0.05) is 29.9 Å². The lowest BCUT2D eigenvalue weighted by Gasteiger charge is -2.31. The summed E-state index contributed by atoms with van der Waals surface area (Å²) in [6.45, 7) is 2.27. The third-order valence-corrected chi connectivity index (χ3v) is 4.47. The molecular formula is C13H16N2S. The van der Waals surface area contributed by atoms with Gasteiger partial charge in [-0.25, -0.2) is 4.98 Å². The van der Waals surface area contributed by atoms with Crippen molar-refractivity contribution in [2.45, 2.75) is 32.2 Å². The van der Waals surface area contributed by atoms with E-state index in [1.54, 1.807) is 11.3 Å². The minimum Gasteiger partial charge on any atom is -0.359 e. The molecule has 0 spiro atoms. The quantitative estimate of drug-likeness (QED) is 0.868. The van der Waals surface area contributed by atoms with Crippen LogP contribution >= 0.6 is 11.3 Å². The maximum Gasteiger partial charge on any atom is 0.184 e. The standard InChI is InChI=1S/C13H16N2S/c1-9(10-5-4-6-10)14-13-15-11-7-2-3-8-12(11)16-13/h2-3,7-10H,4-6H2,1H3,(H,14,15). The van der Waals surface area contributed by atoms with Crippen LogP contribution in [-0.2, 0) is 0 Å². The predicted octanol–water partition coefficient (Wildman–Crippen LogP) is 3.90. The first-order chi connectivity index (χ1) is 7.83. The summed E-state index contributed by atoms with van der Waals surface area (Å²) in [5.74, 6) is 0.854. The molecule has 0 amide bonds. The van der Waals surface area contributed by atoms with E-state index in [9.17, 15) is 0 Å². The van der Waals surface area contributed by atoms with Crippen molar-refractivity contribution in [3.8, 4) is 0 Å². The highest BCUT2D eigenvalue weighted by atomic mass is 32.1. The SMILES string of the molecule is CC(Nc1nc2ccccc2s1)C1CCC1. The van der Waals surface area contributed by atoms with Crippen LogP contribution in [0.4, 0.5) is 5.13 Å². The van der Waals surface area contributed by atoms with Crippen LogP contribution in [0.25, 0.3) is 10.2 Å². The highest BCUT2D eigenvalue weighted by Gasteiger charge is 2.24. The summed E-state index contributed by atoms with van der Waals surface area (Å²) in [7, 11) is 0. The van der Waals surface area contributed by atoms with Crippen LogP contribution in [0.3, 0.4) is 0 Å². The Balaban J connectivity index is 1.78. The zero-order valence-corrected chi connectivity index (χ0v) is 10.3. The number of fused-ring (bicyclic) bond motifs is 1. The molecule has 1 aromatic carbocycles. The fourth-order valence-corrected chi connectivity index (χ4v) is 3.15. The molecule has 0 bridgehead atoms. The maximum absolute atomic E-state index is 4.60. The van der Waals surface area contributed by atoms with E-state index >= 15 is 0 Å². The van der Waals surface area contributed by atoms with Gasteiger partial charge in [-0.05, 0) is 37.8 Å². The van der Waals surface area contributed by atoms with Crippen molar-refractivity contribution < 1.29 is 0 Å². The lowest BCUT2D eigenvalue weighted by molar-refractivity contribution is 0.285. The van der Waals surface area contributed by atoms with Crippen molar-refractivity contribution in [1.82, 2.24) is 4.98 Å². The van der Waals surface area contributed by atoms with Crippen molar-refractivity contribution in [3.63, 3.8) is 0 Å². The minimum atomic E-state index is 0.564. The monoisotopic (exact) mass is 232 g/mol. The van der Waals surface area contributed by atoms with E-state index in [1.807, 2.05) is 6.07 Å². The highest BCUT2D eigenvalue weighted by Crippen LogP contribution is 2.32. The third kappa shape index (κ3) is 1.80. The molecular weight excluding hydrogens is 216 g/mol. The summed E-state index contributed by atoms with van der Waals surface area (Å²) in [6, 6.07) is 8.88. The number of nitrogens with one attached hydrogen (secondary N) is 1. The molecule has 1 unspecified atom stereocenters. The molecule has 1 fully saturated rings. The van der Waals surface area contributed by atoms with Gasteiger partial charge in [0.25, 0.3) is 0 Å². The Morgan fingerprint density at radius 3 is 2.88 bits per heavy atom. The summed E-state index contributed by atoms with van der Waals surface area (Å²) < 4.78 is 1.27. The van der Waals surface area contributed by atoms with Crippen molar-refractivity contribution in [3.05, 3.63) is 24.3 Å². The highest BCUT2D eigenvalue weighted by molar-refractivity contribution is 7.22. The number of hydrogen-bond donors (Lipinski definition) is 1. The summed E-state index contributed by atoms with van der Waals surface area (Å²) >= 11 is 1.76. The summed E-state index contributed by atoms with van der Waals surface area (Å²) in [5.41, 5.74) is 1.11. The second-order valence-electron chi connectivity index (χ2n) is 4.61. The number of benzene rings is 1. The molecule has 16 heavy (non-hydrogen) atoms. The molecule has 1 N–H and O–H groups in total. The Labute approximate surface area is 99.7 Å². The van der Waals surface area contributed by atoms with E-state index in [4.69, 9.17) is 0 Å². The molecule has 1 aliphatic rings. The molecule has 2 nitrogen and oxygen atoms in total. The molecule has 1 saturated carbocycles. The largest absolute Gasteiger partial charge is 0.359 e. The second-order valence-corrected chi connectivity index (χ2v) is 5.64. The van der Waals surface area contributed by atoms with Crippen molar-refractivity contribution >= 4 is 26.7 Å². The molecule has 3 rings (SSSR count). The first kappa shape index (κ1) is 10.1. The van der Waals surface area contributed by atoms with Crippen molar-refractivity contribution in [2.24, 2.45) is 5.92 Å². The van der Waals surface area contributed by atoms with Crippen molar-refractivity contribution in [1.29, 1.82) is 0 Å². The Morgan fingerprint density at radius 2 is 2.19 bits per heavy atom. The molecule has 0 aliphatic heterocycles. The summed E-state index contributed by atoms with van der Waals surface area (Å²) in [6.07, 6.45) is 4.15. The topological polar surface area (TPSA) is 24.9 Å². The van der Waals surface area contributed by atoms with Gasteiger partial charge in [0.05, 0.1) is 10.2 Å². The van der Waals surface area contributed by atoms with Crippen molar-refractivity contribution in [2.75, 3.05) is 5.32 Å². The lowest BCUT2D eigenvalue weighted by atomic mass is 9.80. The Kier molecular flexibility index (Phi) is 2.56. The predicted molar refractivity (Wildman–Crippen MR) is 70.0 cm³/mol. The lowest BCUT2D eigenvalue weighted by Crippen LogP contribution is -2.30. The molecule has 3 heteroatoms. The number of hydrogen-bond acceptors (Lipinski definition) is 3. The van der Waals surface area contributed by atoms with Crippen LogP contribution < -0.4 is 5.32 Å². The molecule has 0 radical (unpaired) electrons. The number of para-hydroxylation sites is 1. The fourth-order valence-electron chi connectivity index (χ4n) is 2.19. The molecule has 2 aromatic rings. The van der Waals surface area contributed by atoms with E-state index in [2.05, 4.69) is 35.4 Å². The van der Waals surface area contributed by atoms with Crippen LogP contribution in [0, 0.1) is 5.92 Å². The average Bonchev–Trinajstić information content (AvgIpc) is 2.56. The Morgan fingerprint density at radius 1 is 1.38 bits per heavy atom. The molecule has 1 heterocycles. The first-order valence-corrected chi connectivity index (χ1v) is 6.77. The van der Waals surface area contributed by atoms with Gasteiger partial charge in [-0.15, -0.1) is 0 Å². The molecule has 1 aromatic heterocycles. The zero-order chi connectivity index (χ0) is 11.0. The Bertz CT molecular complexity index is 454. The normalized spacial score (nSPS) is 18.3. The molecule has 1 aliphatic carbocycles. The van der Waals surface area contributed by atoms with E-state index in [1.165, 1.54) is 24.0 Å². The number of nitrogens with zero attached hydrogens (tertiary/aromatic N) is 1. The van der Waals surface area contributed by atoms with Gasteiger partial charge in [0, 0.05) is 6.04 Å². The van der Waals surface area contributed by atoms with Crippen LogP contribution in [0.1, 0.15) is 26.2 Å². The van der Waals surface area contributed by atoms with Gasteiger partial charge < -0.3 is 5.32 Å². The molecule has 84 valence electrons. The number of thiazole rings is 1. The van der Waals surface area contributed by atoms with E-state index in [0.29, 0.717) is 6.04 Å². The number of anilines is 1. The fraction of sp³-hybridized carbons (Fsp3) is 0.462. The average molecular weight is 232 g/mol. The van der Waals surface area contributed by atoms with Crippen LogP contribution in [0.2, 0.25) is 0 Å². The minimum absolute atomic E-state index is 0.564. The first-order valence-electron chi connectivity index (χ1n) is 5.95. The summed E-state index contributed by atoms with van der Waals surface area (Å²) in [4.78, 5) is 4.60. The zero-order valence-electron chi connectivity index (χ0n) is 9.44. The van der Waals surface area contributed by atoms with E-state index in [0.717, 1.165) is 16.6 Å². The van der Waals surface area contributed by atoms with Gasteiger partial charge >= 0.3 is 0 Å². The van der Waals surface area contributed by atoms with Crippen LogP contribution in [0.5, 0.6) is 0 Å². The molecule has 1 atom stereocenters. The summed E-state index contributed by atoms with van der Waals surface area (Å²) in [5, 5.41) is 4.61. The maximum atomic E-state index is 4.60. The Hall–Kier alpha value is -1.09. The van der Waals surface area contributed by atoms with E-state index < -0.39 is 0 Å².